The summed E-state index contributed by atoms with van der Waals surface area (Å²) in [6.07, 6.45) is 4.62. The Hall–Kier alpha value is -1.55. The van der Waals surface area contributed by atoms with E-state index in [0.717, 1.165) is 32.0 Å². The van der Waals surface area contributed by atoms with Crippen LogP contribution >= 0.6 is 0 Å². The van der Waals surface area contributed by atoms with Crippen LogP contribution in [0.1, 0.15) is 31.7 Å². The Bertz CT molecular complexity index is 405. The monoisotopic (exact) mass is 275 g/mol. The Morgan fingerprint density at radius 1 is 1.25 bits per heavy atom. The van der Waals surface area contributed by atoms with E-state index in [9.17, 15) is 0 Å². The van der Waals surface area contributed by atoms with Gasteiger partial charge < -0.3 is 5.32 Å². The van der Waals surface area contributed by atoms with Crippen LogP contribution in [0.15, 0.2) is 35.3 Å². The van der Waals surface area contributed by atoms with Crippen LogP contribution in [-0.4, -0.2) is 37.3 Å². The molecule has 1 N–H and O–H groups in total. The molecule has 1 aromatic carbocycles. The summed E-state index contributed by atoms with van der Waals surface area (Å²) in [5.74, 6) is 0.897. The minimum atomic E-state index is 0.694. The molecule has 1 heterocycles. The minimum Gasteiger partial charge on any atom is -0.354 e. The summed E-state index contributed by atoms with van der Waals surface area (Å²) in [6, 6.07) is 10.4. The highest BCUT2D eigenvalue weighted by molar-refractivity contribution is 5.80. The van der Waals surface area contributed by atoms with Crippen molar-refractivity contribution >= 4 is 5.96 Å². The van der Waals surface area contributed by atoms with Crippen LogP contribution in [0.3, 0.4) is 0 Å². The first-order valence-corrected chi connectivity index (χ1v) is 7.63. The molecule has 0 aromatic heterocycles. The van der Waals surface area contributed by atoms with Gasteiger partial charge in [-0.1, -0.05) is 50.1 Å². The SMILES string of the molecule is CCCCCNC1=NCCN1OCCc1ccccc1. The van der Waals surface area contributed by atoms with E-state index >= 15 is 0 Å². The molecule has 20 heavy (non-hydrogen) atoms. The number of nitrogens with zero attached hydrogens (tertiary/aromatic N) is 2. The van der Waals surface area contributed by atoms with Crippen molar-refractivity contribution in [2.45, 2.75) is 32.6 Å². The van der Waals surface area contributed by atoms with E-state index in [2.05, 4.69) is 41.5 Å². The molecule has 110 valence electrons. The summed E-state index contributed by atoms with van der Waals surface area (Å²) in [7, 11) is 0. The van der Waals surface area contributed by atoms with Crippen LogP contribution < -0.4 is 5.32 Å². The van der Waals surface area contributed by atoms with Crippen LogP contribution in [0, 0.1) is 0 Å². The average Bonchev–Trinajstić information content (AvgIpc) is 2.92. The van der Waals surface area contributed by atoms with E-state index in [4.69, 9.17) is 4.84 Å². The van der Waals surface area contributed by atoms with Crippen molar-refractivity contribution in [3.63, 3.8) is 0 Å². The summed E-state index contributed by atoms with van der Waals surface area (Å²) >= 11 is 0. The van der Waals surface area contributed by atoms with Crippen LogP contribution in [0.5, 0.6) is 0 Å². The molecule has 1 aliphatic rings. The summed E-state index contributed by atoms with van der Waals surface area (Å²) < 4.78 is 0. The number of aliphatic imine (C=N–C) groups is 1. The van der Waals surface area contributed by atoms with Crippen LogP contribution in [0.25, 0.3) is 0 Å². The Balaban J connectivity index is 1.66. The lowest BCUT2D eigenvalue weighted by Crippen LogP contribution is -2.39. The Morgan fingerprint density at radius 3 is 2.90 bits per heavy atom. The van der Waals surface area contributed by atoms with E-state index < -0.39 is 0 Å². The summed E-state index contributed by atoms with van der Waals surface area (Å²) in [5.41, 5.74) is 1.31. The molecular weight excluding hydrogens is 250 g/mol. The summed E-state index contributed by atoms with van der Waals surface area (Å²) in [6.45, 7) is 5.56. The van der Waals surface area contributed by atoms with Gasteiger partial charge in [0.25, 0.3) is 0 Å². The number of hydrogen-bond donors (Lipinski definition) is 1. The molecule has 1 aliphatic heterocycles. The van der Waals surface area contributed by atoms with Gasteiger partial charge in [-0.25, -0.2) is 10.1 Å². The third kappa shape index (κ3) is 4.85. The van der Waals surface area contributed by atoms with E-state index in [1.165, 1.54) is 24.8 Å². The average molecular weight is 275 g/mol. The van der Waals surface area contributed by atoms with Crippen molar-refractivity contribution in [2.24, 2.45) is 4.99 Å². The number of hydroxylamine groups is 2. The number of rotatable bonds is 8. The lowest BCUT2D eigenvalue weighted by molar-refractivity contribution is -0.0923. The number of unbranched alkanes of at least 4 members (excludes halogenated alkanes) is 2. The quantitative estimate of drug-likeness (QED) is 0.741. The molecule has 2 rings (SSSR count). The standard InChI is InChI=1S/C16H25N3O/c1-2-3-7-11-17-16-18-12-13-19(16)20-14-10-15-8-5-4-6-9-15/h4-6,8-9H,2-3,7,10-14H2,1H3,(H,17,18). The van der Waals surface area contributed by atoms with Crippen molar-refractivity contribution in [3.05, 3.63) is 35.9 Å². The molecule has 0 unspecified atom stereocenters. The third-order valence-electron chi connectivity index (χ3n) is 3.35. The third-order valence-corrected chi connectivity index (χ3v) is 3.35. The zero-order chi connectivity index (χ0) is 14.0. The van der Waals surface area contributed by atoms with Gasteiger partial charge >= 0.3 is 0 Å². The van der Waals surface area contributed by atoms with E-state index in [-0.39, 0.29) is 0 Å². The first-order chi connectivity index (χ1) is 9.90. The maximum Gasteiger partial charge on any atom is 0.218 e. The van der Waals surface area contributed by atoms with Gasteiger partial charge in [-0.05, 0) is 18.4 Å². The van der Waals surface area contributed by atoms with E-state index in [1.807, 2.05) is 11.1 Å². The lowest BCUT2D eigenvalue weighted by atomic mass is 10.2. The zero-order valence-electron chi connectivity index (χ0n) is 12.3. The Kier molecular flexibility index (Phi) is 6.38. The molecule has 0 radical (unpaired) electrons. The molecular formula is C16H25N3O. The molecule has 0 aliphatic carbocycles. The number of benzene rings is 1. The van der Waals surface area contributed by atoms with Crippen LogP contribution in [0.4, 0.5) is 0 Å². The van der Waals surface area contributed by atoms with Crippen molar-refractivity contribution in [2.75, 3.05) is 26.2 Å². The number of nitrogens with one attached hydrogen (secondary N) is 1. The topological polar surface area (TPSA) is 36.9 Å². The molecule has 0 fully saturated rings. The fourth-order valence-corrected chi connectivity index (χ4v) is 2.19. The van der Waals surface area contributed by atoms with Gasteiger partial charge in [0.2, 0.25) is 5.96 Å². The van der Waals surface area contributed by atoms with Crippen LogP contribution in [-0.2, 0) is 11.3 Å². The first kappa shape index (κ1) is 14.9. The highest BCUT2D eigenvalue weighted by Gasteiger charge is 2.16. The van der Waals surface area contributed by atoms with Gasteiger partial charge in [-0.2, -0.15) is 0 Å². The predicted octanol–water partition coefficient (Wildman–Crippen LogP) is 2.61. The molecule has 0 saturated carbocycles. The number of guanidine groups is 1. The van der Waals surface area contributed by atoms with Crippen LogP contribution in [0.2, 0.25) is 0 Å². The second kappa shape index (κ2) is 8.59. The van der Waals surface area contributed by atoms with Crippen molar-refractivity contribution in [3.8, 4) is 0 Å². The fourth-order valence-electron chi connectivity index (χ4n) is 2.19. The minimum absolute atomic E-state index is 0.694. The Morgan fingerprint density at radius 2 is 2.10 bits per heavy atom. The van der Waals surface area contributed by atoms with Crippen molar-refractivity contribution in [1.29, 1.82) is 0 Å². The molecule has 0 spiro atoms. The fraction of sp³-hybridized carbons (Fsp3) is 0.562. The van der Waals surface area contributed by atoms with Gasteiger partial charge in [0.15, 0.2) is 0 Å². The highest BCUT2D eigenvalue weighted by atomic mass is 16.7. The smallest absolute Gasteiger partial charge is 0.218 e. The lowest BCUT2D eigenvalue weighted by Gasteiger charge is -2.20. The molecule has 0 bridgehead atoms. The largest absolute Gasteiger partial charge is 0.354 e. The van der Waals surface area contributed by atoms with E-state index in [0.29, 0.717) is 6.61 Å². The molecule has 0 saturated heterocycles. The highest BCUT2D eigenvalue weighted by Crippen LogP contribution is 2.04. The second-order valence-corrected chi connectivity index (χ2v) is 5.01. The van der Waals surface area contributed by atoms with E-state index in [1.54, 1.807) is 0 Å². The molecule has 4 nitrogen and oxygen atoms in total. The Labute approximate surface area is 121 Å². The van der Waals surface area contributed by atoms with Gasteiger partial charge in [-0.3, -0.25) is 4.84 Å². The van der Waals surface area contributed by atoms with Crippen molar-refractivity contribution < 1.29 is 4.84 Å². The van der Waals surface area contributed by atoms with Gasteiger partial charge in [0.05, 0.1) is 19.7 Å². The normalized spacial score (nSPS) is 14.4. The summed E-state index contributed by atoms with van der Waals surface area (Å²) in [5, 5.41) is 5.26. The maximum atomic E-state index is 5.82. The molecule has 0 atom stereocenters. The second-order valence-electron chi connectivity index (χ2n) is 5.01. The zero-order valence-corrected chi connectivity index (χ0v) is 12.3. The maximum absolute atomic E-state index is 5.82. The van der Waals surface area contributed by atoms with Gasteiger partial charge in [0.1, 0.15) is 0 Å². The molecule has 0 amide bonds. The number of hydrogen-bond acceptors (Lipinski definition) is 4. The molecule has 4 heteroatoms. The predicted molar refractivity (Wildman–Crippen MR) is 82.6 cm³/mol. The van der Waals surface area contributed by atoms with Crippen molar-refractivity contribution in [1.82, 2.24) is 10.4 Å². The van der Waals surface area contributed by atoms with Gasteiger partial charge in [-0.15, -0.1) is 0 Å². The first-order valence-electron chi connectivity index (χ1n) is 7.63. The molecule has 1 aromatic rings. The summed E-state index contributed by atoms with van der Waals surface area (Å²) in [4.78, 5) is 10.3. The van der Waals surface area contributed by atoms with Gasteiger partial charge in [0, 0.05) is 6.54 Å².